The Balaban J connectivity index is 1.36. The van der Waals surface area contributed by atoms with E-state index in [-0.39, 0.29) is 5.56 Å². The molecule has 0 radical (unpaired) electrons. The molecule has 1 N–H and O–H groups in total. The molecule has 37 heavy (non-hydrogen) atoms. The Morgan fingerprint density at radius 3 is 2.54 bits per heavy atom. The van der Waals surface area contributed by atoms with Crippen molar-refractivity contribution in [2.75, 3.05) is 13.6 Å². The molecule has 2 aromatic carbocycles. The van der Waals surface area contributed by atoms with Crippen molar-refractivity contribution in [2.24, 2.45) is 0 Å². The maximum atomic E-state index is 12.5. The number of likely N-dealkylation sites (N-methyl/N-ethyl adjacent to an activating group) is 1. The third kappa shape index (κ3) is 5.50. The first-order chi connectivity index (χ1) is 18.1. The van der Waals surface area contributed by atoms with Gasteiger partial charge in [0.2, 0.25) is 0 Å². The fraction of sp³-hybridized carbons (Fsp3) is 0.143. The van der Waals surface area contributed by atoms with E-state index >= 15 is 0 Å². The normalized spacial score (nSPS) is 10.8. The molecule has 3 heterocycles. The van der Waals surface area contributed by atoms with Crippen molar-refractivity contribution >= 4 is 0 Å². The van der Waals surface area contributed by atoms with Crippen LogP contribution in [0, 0.1) is 11.3 Å². The van der Waals surface area contributed by atoms with E-state index in [2.05, 4.69) is 31.6 Å². The summed E-state index contributed by atoms with van der Waals surface area (Å²) in [5.74, 6) is 0.593. The zero-order valence-electron chi connectivity index (χ0n) is 20.2. The molecule has 182 valence electrons. The lowest BCUT2D eigenvalue weighted by Crippen LogP contribution is -2.22. The smallest absolute Gasteiger partial charge is 0.267 e. The van der Waals surface area contributed by atoms with Crippen LogP contribution in [0.1, 0.15) is 11.1 Å². The van der Waals surface area contributed by atoms with Crippen LogP contribution in [0.4, 0.5) is 0 Å². The fourth-order valence-corrected chi connectivity index (χ4v) is 3.93. The van der Waals surface area contributed by atoms with Crippen molar-refractivity contribution < 1.29 is 0 Å². The van der Waals surface area contributed by atoms with Gasteiger partial charge in [-0.25, -0.2) is 14.6 Å². The minimum absolute atomic E-state index is 0.207. The van der Waals surface area contributed by atoms with E-state index in [4.69, 9.17) is 0 Å². The van der Waals surface area contributed by atoms with E-state index in [1.165, 1.54) is 10.7 Å². The van der Waals surface area contributed by atoms with Gasteiger partial charge in [0.05, 0.1) is 36.6 Å². The van der Waals surface area contributed by atoms with Gasteiger partial charge in [-0.05, 0) is 36.9 Å². The summed E-state index contributed by atoms with van der Waals surface area (Å²) in [6.45, 7) is 1.92. The molecule has 0 unspecified atom stereocenters. The molecule has 0 aliphatic heterocycles. The van der Waals surface area contributed by atoms with Gasteiger partial charge in [-0.1, -0.05) is 30.3 Å². The molecule has 5 aromatic rings. The lowest BCUT2D eigenvalue weighted by atomic mass is 10.1. The second kappa shape index (κ2) is 10.8. The number of nitrogens with zero attached hydrogens (tertiary/aromatic N) is 7. The quantitative estimate of drug-likeness (QED) is 0.356. The highest BCUT2D eigenvalue weighted by atomic mass is 16.1. The summed E-state index contributed by atoms with van der Waals surface area (Å²) in [4.78, 5) is 21.7. The van der Waals surface area contributed by atoms with Crippen LogP contribution in [0.3, 0.4) is 0 Å². The topological polar surface area (TPSA) is 114 Å². The third-order valence-electron chi connectivity index (χ3n) is 5.88. The number of hydrogen-bond donors (Lipinski definition) is 1. The molecular formula is C28H24N8O. The molecule has 0 saturated carbocycles. The van der Waals surface area contributed by atoms with Crippen LogP contribution >= 0.6 is 0 Å². The summed E-state index contributed by atoms with van der Waals surface area (Å²) in [6.07, 6.45) is 7.37. The van der Waals surface area contributed by atoms with Crippen molar-refractivity contribution in [3.63, 3.8) is 0 Å². The lowest BCUT2D eigenvalue weighted by molar-refractivity contribution is 0.585. The molecule has 0 fully saturated rings. The summed E-state index contributed by atoms with van der Waals surface area (Å²) in [5.41, 5.74) is 5.34. The molecule has 0 aliphatic carbocycles. The van der Waals surface area contributed by atoms with E-state index in [9.17, 15) is 10.1 Å². The predicted octanol–water partition coefficient (Wildman–Crippen LogP) is 3.37. The largest absolute Gasteiger partial charge is 0.318 e. The number of rotatable bonds is 8. The van der Waals surface area contributed by atoms with Gasteiger partial charge in [0.15, 0.2) is 5.82 Å². The zero-order valence-corrected chi connectivity index (χ0v) is 20.2. The Morgan fingerprint density at radius 1 is 0.919 bits per heavy atom. The molecule has 0 atom stereocenters. The number of nitrogens with one attached hydrogen (secondary N) is 1. The molecule has 9 nitrogen and oxygen atoms in total. The minimum Gasteiger partial charge on any atom is -0.318 e. The molecular weight excluding hydrogens is 464 g/mol. The molecule has 0 saturated heterocycles. The standard InChI is InChI=1S/C28H24N8O/c1-30-10-11-35-19-25(17-33-35)24-15-31-28(32-16-24)23-7-3-5-21(13-23)18-36-27(37)9-8-26(34-36)22-6-2-4-20(12-22)14-29/h2-9,12-13,15-17,19,30H,10-11,18H2,1H3. The van der Waals surface area contributed by atoms with Crippen LogP contribution in [-0.4, -0.2) is 43.1 Å². The van der Waals surface area contributed by atoms with Crippen molar-refractivity contribution in [3.05, 3.63) is 107 Å². The minimum atomic E-state index is -0.207. The van der Waals surface area contributed by atoms with E-state index in [0.29, 0.717) is 23.6 Å². The van der Waals surface area contributed by atoms with E-state index in [1.807, 2.05) is 54.5 Å². The van der Waals surface area contributed by atoms with Gasteiger partial charge in [-0.15, -0.1) is 0 Å². The molecule has 0 spiro atoms. The van der Waals surface area contributed by atoms with Gasteiger partial charge in [0.25, 0.3) is 5.56 Å². The van der Waals surface area contributed by atoms with E-state index < -0.39 is 0 Å². The fourth-order valence-electron chi connectivity index (χ4n) is 3.93. The van der Waals surface area contributed by atoms with Crippen molar-refractivity contribution in [3.8, 4) is 39.8 Å². The Hall–Kier alpha value is -4.94. The second-order valence-electron chi connectivity index (χ2n) is 8.50. The highest BCUT2D eigenvalue weighted by Crippen LogP contribution is 2.21. The van der Waals surface area contributed by atoms with Crippen molar-refractivity contribution in [1.29, 1.82) is 5.26 Å². The summed E-state index contributed by atoms with van der Waals surface area (Å²) in [6, 6.07) is 20.2. The SMILES string of the molecule is CNCCn1cc(-c2cnc(-c3cccc(Cn4nc(-c5cccc(C#N)c5)ccc4=O)c3)nc2)cn1. The number of aromatic nitrogens is 6. The molecule has 0 amide bonds. The van der Waals surface area contributed by atoms with Crippen LogP contribution in [0.25, 0.3) is 33.8 Å². The average molecular weight is 489 g/mol. The molecule has 5 rings (SSSR count). The highest BCUT2D eigenvalue weighted by molar-refractivity contribution is 5.63. The van der Waals surface area contributed by atoms with Crippen LogP contribution in [-0.2, 0) is 13.1 Å². The van der Waals surface area contributed by atoms with Gasteiger partial charge in [0.1, 0.15) is 0 Å². The van der Waals surface area contributed by atoms with E-state index in [1.54, 1.807) is 36.7 Å². The first-order valence-corrected chi connectivity index (χ1v) is 11.8. The van der Waals surface area contributed by atoms with Crippen LogP contribution in [0.15, 0.2) is 90.2 Å². The lowest BCUT2D eigenvalue weighted by Gasteiger charge is -2.09. The van der Waals surface area contributed by atoms with Crippen LogP contribution in [0.2, 0.25) is 0 Å². The second-order valence-corrected chi connectivity index (χ2v) is 8.50. The highest BCUT2D eigenvalue weighted by Gasteiger charge is 2.09. The number of nitriles is 1. The predicted molar refractivity (Wildman–Crippen MR) is 140 cm³/mol. The first kappa shape index (κ1) is 23.8. The maximum Gasteiger partial charge on any atom is 0.267 e. The monoisotopic (exact) mass is 488 g/mol. The molecule has 0 aliphatic rings. The average Bonchev–Trinajstić information content (AvgIpc) is 3.42. The third-order valence-corrected chi connectivity index (χ3v) is 5.88. The van der Waals surface area contributed by atoms with Crippen molar-refractivity contribution in [1.82, 2.24) is 34.8 Å². The molecule has 0 bridgehead atoms. The zero-order chi connectivity index (χ0) is 25.6. The summed E-state index contributed by atoms with van der Waals surface area (Å²) in [7, 11) is 1.91. The maximum absolute atomic E-state index is 12.5. The molecule has 9 heteroatoms. The van der Waals surface area contributed by atoms with E-state index in [0.717, 1.165) is 40.9 Å². The van der Waals surface area contributed by atoms with Gasteiger partial charge in [-0.3, -0.25) is 9.48 Å². The number of hydrogen-bond acceptors (Lipinski definition) is 7. The summed E-state index contributed by atoms with van der Waals surface area (Å²) < 4.78 is 3.30. The Kier molecular flexibility index (Phi) is 6.92. The Morgan fingerprint density at radius 2 is 1.73 bits per heavy atom. The van der Waals surface area contributed by atoms with Gasteiger partial charge in [0, 0.05) is 53.5 Å². The van der Waals surface area contributed by atoms with Crippen LogP contribution in [0.5, 0.6) is 0 Å². The molecule has 3 aromatic heterocycles. The number of benzene rings is 2. The Bertz CT molecular complexity index is 1630. The summed E-state index contributed by atoms with van der Waals surface area (Å²) >= 11 is 0. The van der Waals surface area contributed by atoms with Crippen molar-refractivity contribution in [2.45, 2.75) is 13.1 Å². The van der Waals surface area contributed by atoms with Gasteiger partial charge < -0.3 is 5.32 Å². The van der Waals surface area contributed by atoms with Crippen LogP contribution < -0.4 is 10.9 Å². The van der Waals surface area contributed by atoms with Gasteiger partial charge >= 0.3 is 0 Å². The summed E-state index contributed by atoms with van der Waals surface area (Å²) in [5, 5.41) is 21.2. The first-order valence-electron chi connectivity index (χ1n) is 11.8. The Labute approximate surface area is 213 Å². The van der Waals surface area contributed by atoms with Gasteiger partial charge in [-0.2, -0.15) is 15.5 Å².